The molecule has 2 rings (SSSR count). The lowest BCUT2D eigenvalue weighted by Gasteiger charge is -2.13. The van der Waals surface area contributed by atoms with Crippen LogP contribution in [0.15, 0.2) is 23.1 Å². The molecule has 0 aliphatic rings. The van der Waals surface area contributed by atoms with Gasteiger partial charge in [0.15, 0.2) is 11.5 Å². The summed E-state index contributed by atoms with van der Waals surface area (Å²) in [6.45, 7) is 7.58. The van der Waals surface area contributed by atoms with E-state index in [2.05, 4.69) is 11.9 Å². The van der Waals surface area contributed by atoms with Crippen molar-refractivity contribution in [1.29, 1.82) is 0 Å². The van der Waals surface area contributed by atoms with Gasteiger partial charge >= 0.3 is 5.97 Å². The number of nitrogens with two attached hydrogens (primary N) is 1. The van der Waals surface area contributed by atoms with Gasteiger partial charge < -0.3 is 30.0 Å². The summed E-state index contributed by atoms with van der Waals surface area (Å²) in [5.74, 6) is 0.485. The number of benzene rings is 1. The van der Waals surface area contributed by atoms with Gasteiger partial charge in [0.05, 0.1) is 37.3 Å². The SMILES string of the molecule is CCCCCCCCCCOc1cc2c(=O)c(C(=O)OCC)c[nH]c2cc1OCC.NCCO. The Balaban J connectivity index is 0.00000133. The fraction of sp³-hybridized carbons (Fsp3) is 0.615. The molecule has 8 heteroatoms. The van der Waals surface area contributed by atoms with Crippen molar-refractivity contribution >= 4 is 16.9 Å². The minimum Gasteiger partial charge on any atom is -0.490 e. The molecule has 0 aliphatic carbocycles. The molecule has 0 bridgehead atoms. The van der Waals surface area contributed by atoms with E-state index in [0.29, 0.717) is 42.2 Å². The molecular weight excluding hydrogens is 436 g/mol. The second kappa shape index (κ2) is 17.8. The van der Waals surface area contributed by atoms with Crippen LogP contribution in [0.5, 0.6) is 11.5 Å². The molecule has 8 nitrogen and oxygen atoms in total. The summed E-state index contributed by atoms with van der Waals surface area (Å²) in [6.07, 6.45) is 11.2. The largest absolute Gasteiger partial charge is 0.490 e. The Labute approximate surface area is 202 Å². The second-order valence-electron chi connectivity index (χ2n) is 7.87. The van der Waals surface area contributed by atoms with Crippen molar-refractivity contribution in [2.45, 2.75) is 72.1 Å². The van der Waals surface area contributed by atoms with Crippen LogP contribution in [0.1, 0.15) is 82.5 Å². The van der Waals surface area contributed by atoms with E-state index in [4.69, 9.17) is 25.1 Å². The first-order valence-electron chi connectivity index (χ1n) is 12.5. The standard InChI is InChI=1S/C24H35NO5.C2H7NO/c1-4-7-8-9-10-11-12-13-14-30-21-15-18-20(16-22(21)28-5-2)25-17-19(23(18)26)24(27)29-6-3;3-1-2-4/h15-17H,4-14H2,1-3H3,(H,25,26);4H,1-3H2. The molecule has 1 aromatic heterocycles. The van der Waals surface area contributed by atoms with E-state index < -0.39 is 5.97 Å². The van der Waals surface area contributed by atoms with Crippen molar-refractivity contribution in [3.63, 3.8) is 0 Å². The maximum atomic E-state index is 12.8. The number of hydrogen-bond acceptors (Lipinski definition) is 7. The molecule has 0 saturated heterocycles. The lowest BCUT2D eigenvalue weighted by Crippen LogP contribution is -2.18. The number of aromatic amines is 1. The van der Waals surface area contributed by atoms with Gasteiger partial charge in [-0.15, -0.1) is 0 Å². The number of pyridine rings is 1. The molecule has 0 spiro atoms. The zero-order chi connectivity index (χ0) is 25.2. The van der Waals surface area contributed by atoms with Crippen LogP contribution in [0, 0.1) is 0 Å². The van der Waals surface area contributed by atoms with Crippen molar-refractivity contribution < 1.29 is 24.1 Å². The number of carbonyl (C=O) groups is 1. The summed E-state index contributed by atoms with van der Waals surface area (Å²) >= 11 is 0. The van der Waals surface area contributed by atoms with Crippen LogP contribution >= 0.6 is 0 Å². The number of nitrogens with one attached hydrogen (secondary N) is 1. The number of aliphatic hydroxyl groups is 1. The third kappa shape index (κ3) is 10.1. The van der Waals surface area contributed by atoms with Crippen LogP contribution in [0.4, 0.5) is 0 Å². The van der Waals surface area contributed by atoms with Crippen molar-refractivity contribution in [3.8, 4) is 11.5 Å². The molecule has 1 aromatic carbocycles. The number of esters is 1. The molecule has 34 heavy (non-hydrogen) atoms. The van der Waals surface area contributed by atoms with Crippen molar-refractivity contribution in [1.82, 2.24) is 4.98 Å². The number of H-pyrrole nitrogens is 1. The van der Waals surface area contributed by atoms with E-state index in [9.17, 15) is 9.59 Å². The monoisotopic (exact) mass is 478 g/mol. The predicted molar refractivity (Wildman–Crippen MR) is 136 cm³/mol. The van der Waals surface area contributed by atoms with Gasteiger partial charge in [0.25, 0.3) is 0 Å². The summed E-state index contributed by atoms with van der Waals surface area (Å²) in [5, 5.41) is 8.13. The quantitative estimate of drug-likeness (QED) is 0.253. The van der Waals surface area contributed by atoms with Gasteiger partial charge in [-0.05, 0) is 26.3 Å². The van der Waals surface area contributed by atoms with E-state index >= 15 is 0 Å². The highest BCUT2D eigenvalue weighted by atomic mass is 16.5. The zero-order valence-corrected chi connectivity index (χ0v) is 21.0. The number of rotatable bonds is 15. The van der Waals surface area contributed by atoms with Crippen molar-refractivity contribution in [3.05, 3.63) is 34.1 Å². The number of aliphatic hydroxyl groups excluding tert-OH is 1. The Kier molecular flexibility index (Phi) is 15.5. The number of hydrogen-bond donors (Lipinski definition) is 3. The van der Waals surface area contributed by atoms with Crippen LogP contribution in [0.25, 0.3) is 10.9 Å². The van der Waals surface area contributed by atoms with Crippen LogP contribution in [0.2, 0.25) is 0 Å². The maximum Gasteiger partial charge on any atom is 0.343 e. The Morgan fingerprint density at radius 1 is 0.941 bits per heavy atom. The van der Waals surface area contributed by atoms with Crippen LogP contribution in [-0.2, 0) is 4.74 Å². The molecule has 1 heterocycles. The first-order valence-corrected chi connectivity index (χ1v) is 12.5. The van der Waals surface area contributed by atoms with Gasteiger partial charge in [0.1, 0.15) is 5.56 Å². The molecule has 2 aromatic rings. The Bertz CT molecular complexity index is 895. The zero-order valence-electron chi connectivity index (χ0n) is 21.0. The van der Waals surface area contributed by atoms with Gasteiger partial charge in [-0.2, -0.15) is 0 Å². The highest BCUT2D eigenvalue weighted by molar-refractivity contribution is 5.94. The first kappa shape index (κ1) is 29.5. The average Bonchev–Trinajstić information content (AvgIpc) is 2.84. The van der Waals surface area contributed by atoms with E-state index in [1.807, 2.05) is 6.92 Å². The van der Waals surface area contributed by atoms with E-state index in [1.165, 1.54) is 44.7 Å². The third-order valence-electron chi connectivity index (χ3n) is 5.12. The van der Waals surface area contributed by atoms with Crippen LogP contribution in [-0.4, -0.2) is 49.0 Å². The topological polar surface area (TPSA) is 124 Å². The molecular formula is C26H42N2O6. The molecule has 4 N–H and O–H groups in total. The van der Waals surface area contributed by atoms with Gasteiger partial charge in [-0.25, -0.2) is 4.79 Å². The first-order chi connectivity index (χ1) is 16.5. The Hall–Kier alpha value is -2.58. The summed E-state index contributed by atoms with van der Waals surface area (Å²) in [5.41, 5.74) is 4.99. The number of fused-ring (bicyclic) bond motifs is 1. The Morgan fingerprint density at radius 3 is 2.15 bits per heavy atom. The van der Waals surface area contributed by atoms with E-state index in [1.54, 1.807) is 19.1 Å². The summed E-state index contributed by atoms with van der Waals surface area (Å²) in [4.78, 5) is 27.8. The minimum absolute atomic E-state index is 0.0115. The number of ether oxygens (including phenoxy) is 3. The molecule has 0 saturated carbocycles. The molecule has 0 aliphatic heterocycles. The number of unbranched alkanes of at least 4 members (excludes halogenated alkanes) is 7. The third-order valence-corrected chi connectivity index (χ3v) is 5.12. The summed E-state index contributed by atoms with van der Waals surface area (Å²) < 4.78 is 16.6. The molecule has 0 fully saturated rings. The van der Waals surface area contributed by atoms with Crippen LogP contribution < -0.4 is 20.6 Å². The van der Waals surface area contributed by atoms with Gasteiger partial charge in [-0.3, -0.25) is 4.79 Å². The highest BCUT2D eigenvalue weighted by Crippen LogP contribution is 2.31. The van der Waals surface area contributed by atoms with Gasteiger partial charge in [-0.1, -0.05) is 51.9 Å². The minimum atomic E-state index is -0.629. The average molecular weight is 479 g/mol. The predicted octanol–water partition coefficient (Wildman–Crippen LogP) is 4.56. The van der Waals surface area contributed by atoms with Crippen molar-refractivity contribution in [2.24, 2.45) is 5.73 Å². The lowest BCUT2D eigenvalue weighted by molar-refractivity contribution is 0.0524. The second-order valence-corrected chi connectivity index (χ2v) is 7.87. The lowest BCUT2D eigenvalue weighted by atomic mass is 10.1. The molecule has 0 amide bonds. The summed E-state index contributed by atoms with van der Waals surface area (Å²) in [6, 6.07) is 3.41. The molecule has 0 radical (unpaired) electrons. The molecule has 0 atom stereocenters. The fourth-order valence-corrected chi connectivity index (χ4v) is 3.39. The normalized spacial score (nSPS) is 10.5. The van der Waals surface area contributed by atoms with Crippen molar-refractivity contribution in [2.75, 3.05) is 33.0 Å². The van der Waals surface area contributed by atoms with Gasteiger partial charge in [0, 0.05) is 18.8 Å². The maximum absolute atomic E-state index is 12.8. The van der Waals surface area contributed by atoms with Gasteiger partial charge in [0.2, 0.25) is 5.43 Å². The van der Waals surface area contributed by atoms with E-state index in [0.717, 1.165) is 12.8 Å². The number of carbonyl (C=O) groups excluding carboxylic acids is 1. The Morgan fingerprint density at radius 2 is 1.56 bits per heavy atom. The molecule has 0 unspecified atom stereocenters. The van der Waals surface area contributed by atoms with E-state index in [-0.39, 0.29) is 24.2 Å². The van der Waals surface area contributed by atoms with Crippen LogP contribution in [0.3, 0.4) is 0 Å². The summed E-state index contributed by atoms with van der Waals surface area (Å²) in [7, 11) is 0. The highest BCUT2D eigenvalue weighted by Gasteiger charge is 2.16. The number of aromatic nitrogens is 1. The molecule has 192 valence electrons. The smallest absolute Gasteiger partial charge is 0.343 e. The fourth-order valence-electron chi connectivity index (χ4n) is 3.39.